The zero-order valence-corrected chi connectivity index (χ0v) is 7.17. The minimum Gasteiger partial charge on any atom is -0.326 e. The van der Waals surface area contributed by atoms with Crippen LogP contribution in [0.15, 0.2) is 0 Å². The SMILES string of the molecule is CC(C)N1CC(N)CC1C. The van der Waals surface area contributed by atoms with Crippen LogP contribution in [0.5, 0.6) is 0 Å². The summed E-state index contributed by atoms with van der Waals surface area (Å²) in [4.78, 5) is 2.46. The van der Waals surface area contributed by atoms with E-state index < -0.39 is 0 Å². The average Bonchev–Trinajstić information content (AvgIpc) is 2.10. The number of rotatable bonds is 1. The van der Waals surface area contributed by atoms with Gasteiger partial charge >= 0.3 is 0 Å². The van der Waals surface area contributed by atoms with E-state index in [9.17, 15) is 0 Å². The van der Waals surface area contributed by atoms with Gasteiger partial charge in [0.15, 0.2) is 0 Å². The molecule has 10 heavy (non-hydrogen) atoms. The first-order valence-electron chi connectivity index (χ1n) is 4.12. The molecule has 2 N–H and O–H groups in total. The van der Waals surface area contributed by atoms with Crippen LogP contribution in [-0.2, 0) is 0 Å². The van der Waals surface area contributed by atoms with E-state index in [1.54, 1.807) is 0 Å². The van der Waals surface area contributed by atoms with Gasteiger partial charge in [-0.3, -0.25) is 4.90 Å². The zero-order chi connectivity index (χ0) is 7.72. The van der Waals surface area contributed by atoms with E-state index in [-0.39, 0.29) is 0 Å². The molecule has 0 aliphatic carbocycles. The fraction of sp³-hybridized carbons (Fsp3) is 1.00. The maximum absolute atomic E-state index is 5.81. The van der Waals surface area contributed by atoms with Crippen molar-refractivity contribution >= 4 is 0 Å². The molecular weight excluding hydrogens is 124 g/mol. The third-order valence-electron chi connectivity index (χ3n) is 2.32. The van der Waals surface area contributed by atoms with Gasteiger partial charge in [0.1, 0.15) is 0 Å². The summed E-state index contributed by atoms with van der Waals surface area (Å²) in [7, 11) is 0. The van der Waals surface area contributed by atoms with Gasteiger partial charge < -0.3 is 5.73 Å². The van der Waals surface area contributed by atoms with Gasteiger partial charge in [-0.15, -0.1) is 0 Å². The molecule has 0 aromatic heterocycles. The van der Waals surface area contributed by atoms with Crippen LogP contribution in [0.3, 0.4) is 0 Å². The summed E-state index contributed by atoms with van der Waals surface area (Å²) in [6.45, 7) is 7.80. The van der Waals surface area contributed by atoms with Crippen molar-refractivity contribution in [3.8, 4) is 0 Å². The summed E-state index contributed by atoms with van der Waals surface area (Å²) >= 11 is 0. The Morgan fingerprint density at radius 3 is 2.30 bits per heavy atom. The molecule has 60 valence electrons. The van der Waals surface area contributed by atoms with Crippen LogP contribution in [0.4, 0.5) is 0 Å². The van der Waals surface area contributed by atoms with Crippen LogP contribution in [0.25, 0.3) is 0 Å². The van der Waals surface area contributed by atoms with E-state index in [2.05, 4.69) is 25.7 Å². The lowest BCUT2D eigenvalue weighted by molar-refractivity contribution is 0.215. The molecule has 1 fully saturated rings. The fourth-order valence-electron chi connectivity index (χ4n) is 1.82. The van der Waals surface area contributed by atoms with Gasteiger partial charge in [-0.05, 0) is 27.2 Å². The van der Waals surface area contributed by atoms with Crippen LogP contribution in [0, 0.1) is 0 Å². The largest absolute Gasteiger partial charge is 0.326 e. The molecule has 1 aliphatic rings. The molecule has 0 radical (unpaired) electrons. The third-order valence-corrected chi connectivity index (χ3v) is 2.32. The summed E-state index contributed by atoms with van der Waals surface area (Å²) in [5.41, 5.74) is 5.81. The summed E-state index contributed by atoms with van der Waals surface area (Å²) in [5.74, 6) is 0. The highest BCUT2D eigenvalue weighted by Crippen LogP contribution is 2.17. The predicted molar refractivity (Wildman–Crippen MR) is 43.9 cm³/mol. The molecule has 1 heterocycles. The first kappa shape index (κ1) is 8.02. The molecule has 0 amide bonds. The molecule has 2 heteroatoms. The average molecular weight is 142 g/mol. The summed E-state index contributed by atoms with van der Waals surface area (Å²) in [5, 5.41) is 0. The van der Waals surface area contributed by atoms with Crippen molar-refractivity contribution in [2.24, 2.45) is 5.73 Å². The third kappa shape index (κ3) is 1.50. The second-order valence-electron chi connectivity index (χ2n) is 3.64. The highest BCUT2D eigenvalue weighted by molar-refractivity contribution is 4.86. The normalized spacial score (nSPS) is 35.7. The zero-order valence-electron chi connectivity index (χ0n) is 7.17. The summed E-state index contributed by atoms with van der Waals surface area (Å²) < 4.78 is 0. The van der Waals surface area contributed by atoms with Crippen molar-refractivity contribution in [3.63, 3.8) is 0 Å². The second kappa shape index (κ2) is 2.89. The van der Waals surface area contributed by atoms with Gasteiger partial charge in [-0.25, -0.2) is 0 Å². The molecule has 2 atom stereocenters. The van der Waals surface area contributed by atoms with E-state index in [4.69, 9.17) is 5.73 Å². The number of likely N-dealkylation sites (tertiary alicyclic amines) is 1. The highest BCUT2D eigenvalue weighted by atomic mass is 15.2. The standard InChI is InChI=1S/C8H18N2/c1-6(2)10-5-8(9)4-7(10)3/h6-8H,4-5,9H2,1-3H3. The quantitative estimate of drug-likeness (QED) is 0.587. The fourth-order valence-corrected chi connectivity index (χ4v) is 1.82. The van der Waals surface area contributed by atoms with Crippen LogP contribution in [0.2, 0.25) is 0 Å². The lowest BCUT2D eigenvalue weighted by Gasteiger charge is -2.24. The Bertz CT molecular complexity index is 112. The Kier molecular flexibility index (Phi) is 2.32. The second-order valence-corrected chi connectivity index (χ2v) is 3.64. The van der Waals surface area contributed by atoms with Crippen molar-refractivity contribution in [1.82, 2.24) is 4.90 Å². The molecule has 2 nitrogen and oxygen atoms in total. The molecule has 2 unspecified atom stereocenters. The Morgan fingerprint density at radius 2 is 2.10 bits per heavy atom. The minimum absolute atomic E-state index is 0.414. The number of nitrogens with zero attached hydrogens (tertiary/aromatic N) is 1. The lowest BCUT2D eigenvalue weighted by Crippen LogP contribution is -2.35. The van der Waals surface area contributed by atoms with Crippen LogP contribution >= 0.6 is 0 Å². The Hall–Kier alpha value is -0.0800. The Balaban J connectivity index is 2.46. The Labute approximate surface area is 63.4 Å². The monoisotopic (exact) mass is 142 g/mol. The van der Waals surface area contributed by atoms with Gasteiger partial charge in [0.05, 0.1) is 0 Å². The number of nitrogens with two attached hydrogens (primary N) is 1. The van der Waals surface area contributed by atoms with Crippen molar-refractivity contribution in [3.05, 3.63) is 0 Å². The molecule has 0 bridgehead atoms. The molecule has 1 rings (SSSR count). The van der Waals surface area contributed by atoms with E-state index in [0.717, 1.165) is 13.0 Å². The highest BCUT2D eigenvalue weighted by Gasteiger charge is 2.27. The van der Waals surface area contributed by atoms with Gasteiger partial charge in [-0.1, -0.05) is 0 Å². The summed E-state index contributed by atoms with van der Waals surface area (Å²) in [6.07, 6.45) is 1.16. The van der Waals surface area contributed by atoms with Crippen molar-refractivity contribution in [2.75, 3.05) is 6.54 Å². The van der Waals surface area contributed by atoms with Crippen LogP contribution < -0.4 is 5.73 Å². The number of hydrogen-bond donors (Lipinski definition) is 1. The lowest BCUT2D eigenvalue weighted by atomic mass is 10.2. The van der Waals surface area contributed by atoms with Gasteiger partial charge in [0, 0.05) is 24.7 Å². The van der Waals surface area contributed by atoms with Crippen LogP contribution in [-0.4, -0.2) is 29.6 Å². The van der Waals surface area contributed by atoms with Gasteiger partial charge in [0.2, 0.25) is 0 Å². The maximum Gasteiger partial charge on any atom is 0.0182 e. The van der Waals surface area contributed by atoms with E-state index in [0.29, 0.717) is 18.1 Å². The molecule has 1 aliphatic heterocycles. The molecule has 0 spiro atoms. The topological polar surface area (TPSA) is 29.3 Å². The van der Waals surface area contributed by atoms with E-state index >= 15 is 0 Å². The first-order chi connectivity index (χ1) is 4.61. The van der Waals surface area contributed by atoms with E-state index in [1.165, 1.54) is 0 Å². The molecule has 1 saturated heterocycles. The predicted octanol–water partition coefficient (Wildman–Crippen LogP) is 0.816. The molecule has 0 aromatic carbocycles. The van der Waals surface area contributed by atoms with Gasteiger partial charge in [0.25, 0.3) is 0 Å². The first-order valence-corrected chi connectivity index (χ1v) is 4.12. The molecule has 0 aromatic rings. The van der Waals surface area contributed by atoms with E-state index in [1.807, 2.05) is 0 Å². The van der Waals surface area contributed by atoms with Crippen LogP contribution in [0.1, 0.15) is 27.2 Å². The van der Waals surface area contributed by atoms with Crippen molar-refractivity contribution < 1.29 is 0 Å². The van der Waals surface area contributed by atoms with Crippen molar-refractivity contribution in [1.29, 1.82) is 0 Å². The van der Waals surface area contributed by atoms with Crippen molar-refractivity contribution in [2.45, 2.75) is 45.3 Å². The molecule has 0 saturated carbocycles. The van der Waals surface area contributed by atoms with Gasteiger partial charge in [-0.2, -0.15) is 0 Å². The number of hydrogen-bond acceptors (Lipinski definition) is 2. The molecular formula is C8H18N2. The summed E-state index contributed by atoms with van der Waals surface area (Å²) in [6, 6.07) is 1.76. The smallest absolute Gasteiger partial charge is 0.0182 e. The maximum atomic E-state index is 5.81. The Morgan fingerprint density at radius 1 is 1.50 bits per heavy atom. The minimum atomic E-state index is 0.414.